The third-order valence-electron chi connectivity index (χ3n) is 10.7. The van der Waals surface area contributed by atoms with Crippen LogP contribution in [0.3, 0.4) is 0 Å². The van der Waals surface area contributed by atoms with Gasteiger partial charge in [-0.3, -0.25) is 0 Å². The summed E-state index contributed by atoms with van der Waals surface area (Å²) in [4.78, 5) is 8.42. The molecule has 60 heavy (non-hydrogen) atoms. The zero-order chi connectivity index (χ0) is 41.6. The van der Waals surface area contributed by atoms with E-state index in [9.17, 15) is 5.26 Å². The number of fused-ring (bicyclic) bond motifs is 1. The first-order chi connectivity index (χ1) is 29.2. The molecule has 0 N–H and O–H groups in total. The minimum atomic E-state index is 0.512. The van der Waals surface area contributed by atoms with Crippen molar-refractivity contribution in [2.75, 3.05) is 9.80 Å². The molecule has 288 valence electrons. The number of rotatable bonds is 10. The van der Waals surface area contributed by atoms with E-state index in [1.165, 1.54) is 22.3 Å². The molecule has 0 radical (unpaired) electrons. The summed E-state index contributed by atoms with van der Waals surface area (Å²) in [5, 5.41) is 11.8. The van der Waals surface area contributed by atoms with Crippen molar-refractivity contribution in [3.8, 4) is 6.07 Å². The van der Waals surface area contributed by atoms with Gasteiger partial charge >= 0.3 is 0 Å². The Labute approximate surface area is 353 Å². The lowest BCUT2D eigenvalue weighted by molar-refractivity contribution is 1.27. The second-order valence-electron chi connectivity index (χ2n) is 15.3. The molecule has 0 aromatic heterocycles. The number of aryl methyl sites for hydroxylation is 4. The van der Waals surface area contributed by atoms with Gasteiger partial charge in [0, 0.05) is 34.1 Å². The highest BCUT2D eigenvalue weighted by molar-refractivity contribution is 6.01. The number of benzene rings is 8. The lowest BCUT2D eigenvalue weighted by atomic mass is 9.97. The Morgan fingerprint density at radius 3 is 1.03 bits per heavy atom. The van der Waals surface area contributed by atoms with Gasteiger partial charge in [0.15, 0.2) is 5.69 Å². The van der Waals surface area contributed by atoms with Gasteiger partial charge in [-0.15, -0.1) is 0 Å². The van der Waals surface area contributed by atoms with Gasteiger partial charge in [0.1, 0.15) is 0 Å². The minimum absolute atomic E-state index is 0.512. The van der Waals surface area contributed by atoms with Gasteiger partial charge in [0.05, 0.1) is 18.2 Å². The van der Waals surface area contributed by atoms with Crippen LogP contribution in [0.2, 0.25) is 0 Å². The van der Waals surface area contributed by atoms with Gasteiger partial charge < -0.3 is 9.80 Å². The molecule has 8 aromatic rings. The molecule has 0 spiro atoms. The SMILES string of the molecule is [C-]#[N+]c1cc(/C=C\c2ccc(N(c3ccc(C)cc3)c3ccc(C)cc3)cc2)cc2c(C#N)cc(/C=C\c3ccc(N(c4ccc(C)cc4)c4ccc(C)cc4)cc3)cc12. The smallest absolute Gasteiger partial charge is 0.195 e. The third-order valence-corrected chi connectivity index (χ3v) is 10.7. The molecule has 0 atom stereocenters. The second kappa shape index (κ2) is 17.3. The molecule has 0 amide bonds. The summed E-state index contributed by atoms with van der Waals surface area (Å²) < 4.78 is 0. The second-order valence-corrected chi connectivity index (χ2v) is 15.3. The highest BCUT2D eigenvalue weighted by atomic mass is 15.1. The maximum absolute atomic E-state index is 10.3. The van der Waals surface area contributed by atoms with Crippen molar-refractivity contribution < 1.29 is 0 Å². The first kappa shape index (κ1) is 38.9. The van der Waals surface area contributed by atoms with Crippen molar-refractivity contribution in [1.82, 2.24) is 0 Å². The van der Waals surface area contributed by atoms with Crippen LogP contribution in [0.15, 0.2) is 170 Å². The number of nitrogens with zero attached hydrogens (tertiary/aromatic N) is 4. The topological polar surface area (TPSA) is 34.6 Å². The van der Waals surface area contributed by atoms with E-state index in [2.05, 4.69) is 206 Å². The number of anilines is 6. The summed E-state index contributed by atoms with van der Waals surface area (Å²) >= 11 is 0. The number of hydrogen-bond acceptors (Lipinski definition) is 3. The van der Waals surface area contributed by atoms with E-state index < -0.39 is 0 Å². The predicted octanol–water partition coefficient (Wildman–Crippen LogP) is 15.8. The molecule has 0 bridgehead atoms. The summed E-state index contributed by atoms with van der Waals surface area (Å²) in [7, 11) is 0. The van der Waals surface area contributed by atoms with Crippen molar-refractivity contribution in [1.29, 1.82) is 5.26 Å². The molecule has 0 fully saturated rings. The van der Waals surface area contributed by atoms with Crippen LogP contribution in [0.1, 0.15) is 50.1 Å². The normalized spacial score (nSPS) is 11.2. The highest BCUT2D eigenvalue weighted by Crippen LogP contribution is 2.37. The standard InChI is InChI=1S/C56H44N4/c1-39-6-22-48(23-7-39)59(49-24-8-40(2)9-25-49)52-30-18-43(19-31-52)14-16-45-34-47(38-57)54-35-46(37-56(58-5)55(54)36-45)17-15-44-20-32-53(33-21-44)60(50-26-10-41(3)11-27-50)51-28-12-42(4)13-29-51/h6-37H,1-4H3/b16-14-,17-15-. The summed E-state index contributed by atoms with van der Waals surface area (Å²) in [6, 6.07) is 61.5. The summed E-state index contributed by atoms with van der Waals surface area (Å²) in [5.74, 6) is 0. The first-order valence-electron chi connectivity index (χ1n) is 20.1. The molecule has 0 saturated heterocycles. The zero-order valence-corrected chi connectivity index (χ0v) is 34.3. The Hall–Kier alpha value is -7.92. The van der Waals surface area contributed by atoms with E-state index in [-0.39, 0.29) is 0 Å². The van der Waals surface area contributed by atoms with Crippen LogP contribution >= 0.6 is 0 Å². The molecule has 0 heterocycles. The quantitative estimate of drug-likeness (QED) is 0.103. The zero-order valence-electron chi connectivity index (χ0n) is 34.3. The monoisotopic (exact) mass is 772 g/mol. The molecule has 0 aliphatic heterocycles. The van der Waals surface area contributed by atoms with Crippen LogP contribution in [0.4, 0.5) is 39.8 Å². The van der Waals surface area contributed by atoms with Gasteiger partial charge in [-0.1, -0.05) is 125 Å². The molecule has 4 heteroatoms. The van der Waals surface area contributed by atoms with Gasteiger partial charge in [-0.25, -0.2) is 4.85 Å². The van der Waals surface area contributed by atoms with Gasteiger partial charge in [-0.05, 0) is 152 Å². The summed E-state index contributed by atoms with van der Waals surface area (Å²) in [6.07, 6.45) is 8.13. The largest absolute Gasteiger partial charge is 0.311 e. The van der Waals surface area contributed by atoms with Gasteiger partial charge in [0.25, 0.3) is 0 Å². The Morgan fingerprint density at radius 2 is 0.700 bits per heavy atom. The van der Waals surface area contributed by atoms with Crippen molar-refractivity contribution in [3.05, 3.63) is 231 Å². The Kier molecular flexibility index (Phi) is 11.2. The van der Waals surface area contributed by atoms with Gasteiger partial charge in [-0.2, -0.15) is 5.26 Å². The molecule has 4 nitrogen and oxygen atoms in total. The highest BCUT2D eigenvalue weighted by Gasteiger charge is 2.14. The van der Waals surface area contributed by atoms with Crippen LogP contribution in [0, 0.1) is 45.6 Å². The van der Waals surface area contributed by atoms with Crippen LogP contribution in [0.5, 0.6) is 0 Å². The summed E-state index contributed by atoms with van der Waals surface area (Å²) in [5.41, 5.74) is 16.2. The van der Waals surface area contributed by atoms with E-state index in [4.69, 9.17) is 6.57 Å². The van der Waals surface area contributed by atoms with E-state index in [1.807, 2.05) is 36.4 Å². The molecule has 0 unspecified atom stereocenters. The maximum atomic E-state index is 10.3. The average Bonchev–Trinajstić information content (AvgIpc) is 3.28. The average molecular weight is 773 g/mol. The van der Waals surface area contributed by atoms with Crippen molar-refractivity contribution >= 4 is 74.9 Å². The molecule has 0 aliphatic rings. The van der Waals surface area contributed by atoms with Crippen LogP contribution in [0.25, 0.3) is 39.9 Å². The fourth-order valence-corrected chi connectivity index (χ4v) is 7.39. The molecule has 8 aromatic carbocycles. The Balaban J connectivity index is 1.03. The molecular formula is C56H44N4. The Morgan fingerprint density at radius 1 is 0.400 bits per heavy atom. The Bertz CT molecular complexity index is 2630. The van der Waals surface area contributed by atoms with E-state index in [0.717, 1.165) is 67.2 Å². The lowest BCUT2D eigenvalue weighted by Gasteiger charge is -2.25. The third kappa shape index (κ3) is 8.65. The van der Waals surface area contributed by atoms with Crippen molar-refractivity contribution in [2.45, 2.75) is 27.7 Å². The molecule has 0 saturated carbocycles. The fourth-order valence-electron chi connectivity index (χ4n) is 7.39. The van der Waals surface area contributed by atoms with Crippen LogP contribution in [-0.2, 0) is 0 Å². The predicted molar refractivity (Wildman–Crippen MR) is 254 cm³/mol. The number of hydrogen-bond donors (Lipinski definition) is 0. The van der Waals surface area contributed by atoms with E-state index in [1.54, 1.807) is 0 Å². The van der Waals surface area contributed by atoms with Gasteiger partial charge in [0.2, 0.25) is 0 Å². The lowest BCUT2D eigenvalue weighted by Crippen LogP contribution is -2.09. The molecule has 0 aliphatic carbocycles. The summed E-state index contributed by atoms with van der Waals surface area (Å²) in [6.45, 7) is 16.5. The maximum Gasteiger partial charge on any atom is 0.195 e. The number of nitriles is 1. The van der Waals surface area contributed by atoms with Crippen LogP contribution in [-0.4, -0.2) is 0 Å². The fraction of sp³-hybridized carbons (Fsp3) is 0.0714. The van der Waals surface area contributed by atoms with Crippen molar-refractivity contribution in [3.63, 3.8) is 0 Å². The van der Waals surface area contributed by atoms with Crippen LogP contribution < -0.4 is 9.80 Å². The molecular weight excluding hydrogens is 729 g/mol. The van der Waals surface area contributed by atoms with E-state index in [0.29, 0.717) is 11.3 Å². The first-order valence-corrected chi connectivity index (χ1v) is 20.1. The van der Waals surface area contributed by atoms with E-state index >= 15 is 0 Å². The minimum Gasteiger partial charge on any atom is -0.311 e. The molecule has 8 rings (SSSR count). The van der Waals surface area contributed by atoms with Crippen molar-refractivity contribution in [2.24, 2.45) is 0 Å².